The van der Waals surface area contributed by atoms with E-state index in [0.717, 1.165) is 29.5 Å². The lowest BCUT2D eigenvalue weighted by atomic mass is 10.5. The van der Waals surface area contributed by atoms with E-state index < -0.39 is 0 Å². The Kier molecular flexibility index (Phi) is 3.93. The van der Waals surface area contributed by atoms with E-state index in [1.54, 1.807) is 12.1 Å². The fourth-order valence-corrected chi connectivity index (χ4v) is 2.14. The number of rotatable bonds is 5. The highest BCUT2D eigenvalue weighted by Crippen LogP contribution is 2.27. The summed E-state index contributed by atoms with van der Waals surface area (Å²) in [5, 5.41) is 13.5. The lowest BCUT2D eigenvalue weighted by molar-refractivity contribution is 0.583. The van der Waals surface area contributed by atoms with Crippen LogP contribution in [0.1, 0.15) is 18.4 Å². The van der Waals surface area contributed by atoms with Gasteiger partial charge in [-0.25, -0.2) is 0 Å². The molecule has 1 N–H and O–H groups in total. The number of hydrogen-bond donors (Lipinski definition) is 1. The predicted octanol–water partition coefficient (Wildman–Crippen LogP) is 2.95. The second-order valence-corrected chi connectivity index (χ2v) is 4.72. The van der Waals surface area contributed by atoms with E-state index >= 15 is 0 Å². The summed E-state index contributed by atoms with van der Waals surface area (Å²) in [5.74, 6) is 0.671. The third-order valence-electron chi connectivity index (χ3n) is 1.95. The molecule has 2 aromatic heterocycles. The van der Waals surface area contributed by atoms with E-state index in [4.69, 9.17) is 16.0 Å². The maximum absolute atomic E-state index is 5.70. The van der Waals surface area contributed by atoms with Crippen LogP contribution in [0.15, 0.2) is 16.5 Å². The predicted molar refractivity (Wildman–Crippen MR) is 64.6 cm³/mol. The van der Waals surface area contributed by atoms with E-state index in [1.807, 2.05) is 0 Å². The molecule has 16 heavy (non-hydrogen) atoms. The molecule has 6 heteroatoms. The fraction of sp³-hybridized carbons (Fsp3) is 0.400. The summed E-state index contributed by atoms with van der Waals surface area (Å²) in [7, 11) is 0. The number of nitrogens with one attached hydrogen (secondary N) is 1. The summed E-state index contributed by atoms with van der Waals surface area (Å²) in [4.78, 5) is 0. The molecule has 2 heterocycles. The Hall–Kier alpha value is -0.910. The van der Waals surface area contributed by atoms with E-state index in [-0.39, 0.29) is 0 Å². The SMILES string of the molecule is CCCNCc1nnc(-c2ccc(Cl)o2)s1. The van der Waals surface area contributed by atoms with Crippen molar-refractivity contribution in [2.45, 2.75) is 19.9 Å². The van der Waals surface area contributed by atoms with Crippen molar-refractivity contribution in [2.75, 3.05) is 6.54 Å². The van der Waals surface area contributed by atoms with E-state index in [0.29, 0.717) is 11.0 Å². The third kappa shape index (κ3) is 2.81. The topological polar surface area (TPSA) is 51.0 Å². The van der Waals surface area contributed by atoms with Crippen molar-refractivity contribution in [1.29, 1.82) is 0 Å². The monoisotopic (exact) mass is 257 g/mol. The van der Waals surface area contributed by atoms with Crippen molar-refractivity contribution in [1.82, 2.24) is 15.5 Å². The first-order valence-electron chi connectivity index (χ1n) is 5.08. The second-order valence-electron chi connectivity index (χ2n) is 3.28. The van der Waals surface area contributed by atoms with Crippen LogP contribution < -0.4 is 5.32 Å². The smallest absolute Gasteiger partial charge is 0.194 e. The molecule has 0 fully saturated rings. The zero-order chi connectivity index (χ0) is 11.4. The molecular formula is C10H12ClN3OS. The Morgan fingerprint density at radius 2 is 2.31 bits per heavy atom. The van der Waals surface area contributed by atoms with E-state index in [9.17, 15) is 0 Å². The minimum atomic E-state index is 0.371. The minimum Gasteiger partial charge on any atom is -0.442 e. The highest BCUT2D eigenvalue weighted by atomic mass is 35.5. The van der Waals surface area contributed by atoms with Crippen LogP contribution in [0.4, 0.5) is 0 Å². The van der Waals surface area contributed by atoms with Crippen molar-refractivity contribution >= 4 is 22.9 Å². The highest BCUT2D eigenvalue weighted by molar-refractivity contribution is 7.14. The summed E-state index contributed by atoms with van der Waals surface area (Å²) in [6.45, 7) is 3.87. The summed E-state index contributed by atoms with van der Waals surface area (Å²) >= 11 is 7.21. The van der Waals surface area contributed by atoms with Gasteiger partial charge in [0.2, 0.25) is 0 Å². The average Bonchev–Trinajstić information content (AvgIpc) is 2.87. The molecule has 0 saturated heterocycles. The van der Waals surface area contributed by atoms with Gasteiger partial charge in [-0.05, 0) is 36.7 Å². The van der Waals surface area contributed by atoms with Crippen molar-refractivity contribution in [2.24, 2.45) is 0 Å². The molecule has 4 nitrogen and oxygen atoms in total. The van der Waals surface area contributed by atoms with E-state index in [2.05, 4.69) is 22.4 Å². The molecule has 0 spiro atoms. The zero-order valence-electron chi connectivity index (χ0n) is 8.86. The largest absolute Gasteiger partial charge is 0.442 e. The molecule has 0 unspecified atom stereocenters. The van der Waals surface area contributed by atoms with Crippen LogP contribution in [0.5, 0.6) is 0 Å². The number of halogens is 1. The van der Waals surface area contributed by atoms with Crippen molar-refractivity contribution in [3.63, 3.8) is 0 Å². The Balaban J connectivity index is 2.02. The van der Waals surface area contributed by atoms with Crippen LogP contribution >= 0.6 is 22.9 Å². The summed E-state index contributed by atoms with van der Waals surface area (Å²) in [5.41, 5.74) is 0. The van der Waals surface area contributed by atoms with Crippen LogP contribution in [0.2, 0.25) is 5.22 Å². The summed E-state index contributed by atoms with van der Waals surface area (Å²) < 4.78 is 5.26. The molecule has 86 valence electrons. The number of nitrogens with zero attached hydrogens (tertiary/aromatic N) is 2. The van der Waals surface area contributed by atoms with Gasteiger partial charge in [-0.1, -0.05) is 18.3 Å². The van der Waals surface area contributed by atoms with Crippen LogP contribution in [0, 0.1) is 0 Å². The number of furan rings is 1. The van der Waals surface area contributed by atoms with Gasteiger partial charge in [-0.3, -0.25) is 0 Å². The molecule has 0 aliphatic rings. The lowest BCUT2D eigenvalue weighted by Gasteiger charge is -1.96. The van der Waals surface area contributed by atoms with Gasteiger partial charge < -0.3 is 9.73 Å². The van der Waals surface area contributed by atoms with Gasteiger partial charge in [0.15, 0.2) is 16.0 Å². The van der Waals surface area contributed by atoms with Gasteiger partial charge in [0.1, 0.15) is 5.01 Å². The minimum absolute atomic E-state index is 0.371. The first kappa shape index (κ1) is 11.6. The summed E-state index contributed by atoms with van der Waals surface area (Å²) in [6.07, 6.45) is 1.11. The molecular weight excluding hydrogens is 246 g/mol. The first-order chi connectivity index (χ1) is 7.79. The van der Waals surface area contributed by atoms with Crippen LogP contribution in [0.25, 0.3) is 10.8 Å². The molecule has 2 rings (SSSR count). The standard InChI is InChI=1S/C10H12ClN3OS/c1-2-5-12-6-9-13-14-10(16-9)7-3-4-8(11)15-7/h3-4,12H,2,5-6H2,1H3. The lowest BCUT2D eigenvalue weighted by Crippen LogP contribution is -2.13. The zero-order valence-corrected chi connectivity index (χ0v) is 10.4. The molecule has 0 atom stereocenters. The molecule has 0 radical (unpaired) electrons. The molecule has 0 aliphatic carbocycles. The Morgan fingerprint density at radius 1 is 1.44 bits per heavy atom. The Labute approximate surface area is 103 Å². The maximum atomic E-state index is 5.70. The molecule has 0 aromatic carbocycles. The van der Waals surface area contributed by atoms with Crippen molar-refractivity contribution in [3.8, 4) is 10.8 Å². The molecule has 0 bridgehead atoms. The third-order valence-corrected chi connectivity index (χ3v) is 3.09. The van der Waals surface area contributed by atoms with Gasteiger partial charge in [0.05, 0.1) is 0 Å². The Bertz CT molecular complexity index is 454. The van der Waals surface area contributed by atoms with Crippen LogP contribution in [-0.2, 0) is 6.54 Å². The van der Waals surface area contributed by atoms with Crippen molar-refractivity contribution in [3.05, 3.63) is 22.4 Å². The quantitative estimate of drug-likeness (QED) is 0.837. The highest BCUT2D eigenvalue weighted by Gasteiger charge is 2.09. The fourth-order valence-electron chi connectivity index (χ4n) is 1.23. The summed E-state index contributed by atoms with van der Waals surface area (Å²) in [6, 6.07) is 3.50. The molecule has 0 saturated carbocycles. The van der Waals surface area contributed by atoms with Gasteiger partial charge >= 0.3 is 0 Å². The molecule has 2 aromatic rings. The Morgan fingerprint density at radius 3 is 3.00 bits per heavy atom. The van der Waals surface area contributed by atoms with Crippen LogP contribution in [-0.4, -0.2) is 16.7 Å². The average molecular weight is 258 g/mol. The van der Waals surface area contributed by atoms with Gasteiger partial charge in [0.25, 0.3) is 0 Å². The molecule has 0 aliphatic heterocycles. The number of hydrogen-bond acceptors (Lipinski definition) is 5. The van der Waals surface area contributed by atoms with Gasteiger partial charge in [-0.15, -0.1) is 10.2 Å². The molecule has 0 amide bonds. The van der Waals surface area contributed by atoms with E-state index in [1.165, 1.54) is 11.3 Å². The number of aromatic nitrogens is 2. The maximum Gasteiger partial charge on any atom is 0.194 e. The van der Waals surface area contributed by atoms with Gasteiger partial charge in [0, 0.05) is 6.54 Å². The van der Waals surface area contributed by atoms with Crippen molar-refractivity contribution < 1.29 is 4.42 Å². The first-order valence-corrected chi connectivity index (χ1v) is 6.28. The van der Waals surface area contributed by atoms with Gasteiger partial charge in [-0.2, -0.15) is 0 Å². The second kappa shape index (κ2) is 5.43. The normalized spacial score (nSPS) is 10.9. The van der Waals surface area contributed by atoms with Crippen LogP contribution in [0.3, 0.4) is 0 Å².